The molecule has 0 aliphatic carbocycles. The fourth-order valence-corrected chi connectivity index (χ4v) is 3.03. The molecule has 2 N–H and O–H groups in total. The van der Waals surface area contributed by atoms with Gasteiger partial charge in [0.05, 0.1) is 37.0 Å². The second-order valence-corrected chi connectivity index (χ2v) is 7.28. The number of aliphatic imine (C=N–C) groups is 1. The van der Waals surface area contributed by atoms with Crippen LogP contribution in [0.5, 0.6) is 11.5 Å². The first-order valence-corrected chi connectivity index (χ1v) is 10.00. The van der Waals surface area contributed by atoms with Gasteiger partial charge in [-0.15, -0.1) is 24.0 Å². The van der Waals surface area contributed by atoms with E-state index in [9.17, 15) is 0 Å². The van der Waals surface area contributed by atoms with Crippen LogP contribution in [-0.4, -0.2) is 30.9 Å². The summed E-state index contributed by atoms with van der Waals surface area (Å²) in [4.78, 5) is 4.63. The molecule has 1 aliphatic heterocycles. The van der Waals surface area contributed by atoms with Crippen LogP contribution in [0, 0.1) is 0 Å². The number of guanidine groups is 1. The summed E-state index contributed by atoms with van der Waals surface area (Å²) in [5.41, 5.74) is 1.90. The topological polar surface area (TPSA) is 80.9 Å². The highest BCUT2D eigenvalue weighted by Crippen LogP contribution is 2.38. The average molecular weight is 535 g/mol. The molecular formula is C20H28ClIN4O3. The van der Waals surface area contributed by atoms with Gasteiger partial charge in [0.25, 0.3) is 0 Å². The first-order chi connectivity index (χ1) is 13.6. The molecule has 9 heteroatoms. The molecule has 0 radical (unpaired) electrons. The molecule has 2 aromatic rings. The molecule has 0 amide bonds. The van der Waals surface area contributed by atoms with Crippen molar-refractivity contribution in [2.75, 3.05) is 19.8 Å². The second kappa shape index (κ2) is 11.5. The predicted octanol–water partition coefficient (Wildman–Crippen LogP) is 4.49. The summed E-state index contributed by atoms with van der Waals surface area (Å²) in [7, 11) is 0. The van der Waals surface area contributed by atoms with Gasteiger partial charge in [0, 0.05) is 19.0 Å². The number of hydrogen-bond acceptors (Lipinski definition) is 5. The van der Waals surface area contributed by atoms with Gasteiger partial charge in [-0.1, -0.05) is 30.6 Å². The number of rotatable bonds is 6. The minimum Gasteiger partial charge on any atom is -0.489 e. The molecule has 3 rings (SSSR count). The highest BCUT2D eigenvalue weighted by molar-refractivity contribution is 14.0. The van der Waals surface area contributed by atoms with Crippen molar-refractivity contribution in [3.8, 4) is 11.5 Å². The van der Waals surface area contributed by atoms with Crippen molar-refractivity contribution >= 4 is 41.5 Å². The predicted molar refractivity (Wildman–Crippen MR) is 125 cm³/mol. The van der Waals surface area contributed by atoms with Crippen molar-refractivity contribution in [1.29, 1.82) is 0 Å². The van der Waals surface area contributed by atoms with Gasteiger partial charge in [0.1, 0.15) is 0 Å². The fourth-order valence-electron chi connectivity index (χ4n) is 2.74. The molecule has 7 nitrogen and oxygen atoms in total. The standard InChI is InChI=1S/C20H27ClN4O3.HI/c1-4-22-20(24-12-15-10-17(13(2)3)25-28-15)23-11-14-8-16(21)19-18(9-14)26-6-5-7-27-19;/h8-10,13H,4-7,11-12H2,1-3H3,(H2,22,23,24);1H. The zero-order chi connectivity index (χ0) is 19.9. The number of nitrogens with zero attached hydrogens (tertiary/aromatic N) is 2. The number of benzene rings is 1. The van der Waals surface area contributed by atoms with Gasteiger partial charge < -0.3 is 24.6 Å². The Morgan fingerprint density at radius 1 is 1.21 bits per heavy atom. The molecule has 1 aromatic carbocycles. The van der Waals surface area contributed by atoms with Crippen LogP contribution in [-0.2, 0) is 13.1 Å². The molecule has 1 aromatic heterocycles. The third-order valence-corrected chi connectivity index (χ3v) is 4.51. The van der Waals surface area contributed by atoms with Crippen LogP contribution in [0.3, 0.4) is 0 Å². The Kier molecular flexibility index (Phi) is 9.35. The summed E-state index contributed by atoms with van der Waals surface area (Å²) in [5.74, 6) is 3.09. The normalized spacial score (nSPS) is 13.6. The minimum atomic E-state index is 0. The Bertz CT molecular complexity index is 826. The molecule has 2 heterocycles. The molecule has 0 unspecified atom stereocenters. The van der Waals surface area contributed by atoms with E-state index in [1.54, 1.807) is 0 Å². The van der Waals surface area contributed by atoms with Crippen LogP contribution in [0.15, 0.2) is 27.7 Å². The van der Waals surface area contributed by atoms with E-state index in [2.05, 4.69) is 34.6 Å². The van der Waals surface area contributed by atoms with E-state index < -0.39 is 0 Å². The first kappa shape index (κ1) is 23.6. The molecule has 0 saturated carbocycles. The van der Waals surface area contributed by atoms with Crippen molar-refractivity contribution in [2.24, 2.45) is 4.99 Å². The van der Waals surface area contributed by atoms with Crippen LogP contribution in [0.25, 0.3) is 0 Å². The Morgan fingerprint density at radius 2 is 2.00 bits per heavy atom. The number of fused-ring (bicyclic) bond motifs is 1. The third-order valence-electron chi connectivity index (χ3n) is 4.22. The molecule has 160 valence electrons. The molecule has 0 spiro atoms. The van der Waals surface area contributed by atoms with Crippen molar-refractivity contribution in [1.82, 2.24) is 15.8 Å². The van der Waals surface area contributed by atoms with Crippen molar-refractivity contribution in [3.63, 3.8) is 0 Å². The third kappa shape index (κ3) is 6.67. The maximum Gasteiger partial charge on any atom is 0.191 e. The van der Waals surface area contributed by atoms with E-state index in [4.69, 9.17) is 25.6 Å². The van der Waals surface area contributed by atoms with E-state index >= 15 is 0 Å². The Labute approximate surface area is 193 Å². The van der Waals surface area contributed by atoms with E-state index in [1.165, 1.54) is 0 Å². The van der Waals surface area contributed by atoms with Crippen LogP contribution in [0.4, 0.5) is 0 Å². The van der Waals surface area contributed by atoms with Crippen LogP contribution in [0.2, 0.25) is 5.02 Å². The summed E-state index contributed by atoms with van der Waals surface area (Å²) >= 11 is 6.36. The number of hydrogen-bond donors (Lipinski definition) is 2. The fraction of sp³-hybridized carbons (Fsp3) is 0.500. The van der Waals surface area contributed by atoms with Crippen LogP contribution in [0.1, 0.15) is 50.1 Å². The minimum absolute atomic E-state index is 0. The maximum absolute atomic E-state index is 6.36. The Balaban J connectivity index is 0.00000300. The SMILES string of the molecule is CCNC(=NCc1cc(Cl)c2c(c1)OCCCO2)NCc1cc(C(C)C)no1.I. The summed E-state index contributed by atoms with van der Waals surface area (Å²) in [6.07, 6.45) is 0.840. The van der Waals surface area contributed by atoms with Crippen LogP contribution >= 0.6 is 35.6 Å². The molecule has 0 saturated heterocycles. The van der Waals surface area contributed by atoms with Crippen LogP contribution < -0.4 is 20.1 Å². The summed E-state index contributed by atoms with van der Waals surface area (Å²) in [6, 6.07) is 5.77. The van der Waals surface area contributed by atoms with Gasteiger partial charge in [0.15, 0.2) is 23.2 Å². The molecule has 29 heavy (non-hydrogen) atoms. The summed E-state index contributed by atoms with van der Waals surface area (Å²) in [5, 5.41) is 11.1. The van der Waals surface area contributed by atoms with Gasteiger partial charge >= 0.3 is 0 Å². The van der Waals surface area contributed by atoms with Crippen molar-refractivity contribution in [3.05, 3.63) is 40.2 Å². The quantitative estimate of drug-likeness (QED) is 0.323. The largest absolute Gasteiger partial charge is 0.489 e. The average Bonchev–Trinajstić information content (AvgIpc) is 3.02. The highest BCUT2D eigenvalue weighted by atomic mass is 127. The molecule has 0 atom stereocenters. The van der Waals surface area contributed by atoms with E-state index in [1.807, 2.05) is 25.1 Å². The first-order valence-electron chi connectivity index (χ1n) is 9.62. The highest BCUT2D eigenvalue weighted by Gasteiger charge is 2.15. The molecular weight excluding hydrogens is 507 g/mol. The lowest BCUT2D eigenvalue weighted by molar-refractivity contribution is 0.297. The zero-order valence-corrected chi connectivity index (χ0v) is 20.0. The summed E-state index contributed by atoms with van der Waals surface area (Å²) < 4.78 is 16.8. The smallest absolute Gasteiger partial charge is 0.191 e. The van der Waals surface area contributed by atoms with Gasteiger partial charge in [-0.2, -0.15) is 0 Å². The number of halogens is 2. The molecule has 1 aliphatic rings. The molecule has 0 fully saturated rings. The Hall–Kier alpha value is -1.68. The lowest BCUT2D eigenvalue weighted by Crippen LogP contribution is -2.36. The second-order valence-electron chi connectivity index (χ2n) is 6.88. The van der Waals surface area contributed by atoms with E-state index in [0.717, 1.165) is 30.0 Å². The number of ether oxygens (including phenoxy) is 2. The Morgan fingerprint density at radius 3 is 2.72 bits per heavy atom. The number of aromatic nitrogens is 1. The number of nitrogens with one attached hydrogen (secondary N) is 2. The lowest BCUT2D eigenvalue weighted by Gasteiger charge is -2.12. The van der Waals surface area contributed by atoms with Gasteiger partial charge in [-0.3, -0.25) is 0 Å². The van der Waals surface area contributed by atoms with Gasteiger partial charge in [0.2, 0.25) is 0 Å². The van der Waals surface area contributed by atoms with Gasteiger partial charge in [-0.25, -0.2) is 4.99 Å². The summed E-state index contributed by atoms with van der Waals surface area (Å²) in [6.45, 7) is 9.14. The maximum atomic E-state index is 6.36. The van der Waals surface area contributed by atoms with Crippen molar-refractivity contribution in [2.45, 2.75) is 46.2 Å². The van der Waals surface area contributed by atoms with Crippen molar-refractivity contribution < 1.29 is 14.0 Å². The monoisotopic (exact) mass is 534 g/mol. The van der Waals surface area contributed by atoms with E-state index in [-0.39, 0.29) is 24.0 Å². The lowest BCUT2D eigenvalue weighted by atomic mass is 10.1. The van der Waals surface area contributed by atoms with Gasteiger partial charge in [-0.05, 0) is 30.5 Å². The zero-order valence-electron chi connectivity index (χ0n) is 17.0. The van der Waals surface area contributed by atoms with E-state index in [0.29, 0.717) is 54.7 Å². The molecule has 0 bridgehead atoms.